The van der Waals surface area contributed by atoms with Crippen molar-refractivity contribution >= 4 is 33.8 Å². The normalized spacial score (nSPS) is 11.5. The van der Waals surface area contributed by atoms with E-state index in [2.05, 4.69) is 30.4 Å². The molecular weight excluding hydrogens is 340 g/mol. The summed E-state index contributed by atoms with van der Waals surface area (Å²) in [5, 5.41) is 18.0. The minimum atomic E-state index is 0.353. The third-order valence-electron chi connectivity index (χ3n) is 3.63. The maximum absolute atomic E-state index is 5.56. The van der Waals surface area contributed by atoms with E-state index in [0.717, 1.165) is 16.4 Å². The molecule has 0 saturated heterocycles. The molecule has 4 heterocycles. The molecule has 122 valence electrons. The van der Waals surface area contributed by atoms with Crippen molar-refractivity contribution in [1.29, 1.82) is 0 Å². The van der Waals surface area contributed by atoms with Crippen LogP contribution in [0.2, 0.25) is 0 Å². The van der Waals surface area contributed by atoms with Crippen molar-refractivity contribution in [3.05, 3.63) is 48.6 Å². The zero-order chi connectivity index (χ0) is 16.6. The number of rotatable bonds is 4. The van der Waals surface area contributed by atoms with Crippen LogP contribution in [0.3, 0.4) is 0 Å². The SMILES string of the molecule is c1coc(-c2nnc(CSc3nnc4c(n3)[nH]c3ccccc34)o2)c1. The second-order valence-corrected chi connectivity index (χ2v) is 6.17. The first-order valence-corrected chi connectivity index (χ1v) is 8.45. The highest BCUT2D eigenvalue weighted by molar-refractivity contribution is 7.98. The van der Waals surface area contributed by atoms with E-state index in [1.54, 1.807) is 18.4 Å². The molecule has 8 nitrogen and oxygen atoms in total. The second-order valence-electron chi connectivity index (χ2n) is 5.23. The summed E-state index contributed by atoms with van der Waals surface area (Å²) in [6.45, 7) is 0. The van der Waals surface area contributed by atoms with Crippen molar-refractivity contribution in [3.8, 4) is 11.7 Å². The van der Waals surface area contributed by atoms with E-state index in [1.165, 1.54) is 11.8 Å². The first-order valence-electron chi connectivity index (χ1n) is 7.47. The number of H-pyrrole nitrogens is 1. The summed E-state index contributed by atoms with van der Waals surface area (Å²) in [5.41, 5.74) is 2.46. The number of para-hydroxylation sites is 1. The summed E-state index contributed by atoms with van der Waals surface area (Å²) in [7, 11) is 0. The first-order chi connectivity index (χ1) is 12.4. The summed E-state index contributed by atoms with van der Waals surface area (Å²) in [4.78, 5) is 7.76. The fraction of sp³-hybridized carbons (Fsp3) is 0.0625. The highest BCUT2D eigenvalue weighted by Crippen LogP contribution is 2.25. The van der Waals surface area contributed by atoms with E-state index in [-0.39, 0.29) is 0 Å². The quantitative estimate of drug-likeness (QED) is 0.491. The van der Waals surface area contributed by atoms with Crippen molar-refractivity contribution in [3.63, 3.8) is 0 Å². The first kappa shape index (κ1) is 14.2. The molecule has 5 rings (SSSR count). The molecule has 1 aromatic carbocycles. The van der Waals surface area contributed by atoms with Crippen molar-refractivity contribution in [2.24, 2.45) is 0 Å². The van der Waals surface area contributed by atoms with E-state index in [4.69, 9.17) is 8.83 Å². The van der Waals surface area contributed by atoms with Gasteiger partial charge in [-0.3, -0.25) is 0 Å². The molecule has 0 bridgehead atoms. The second kappa shape index (κ2) is 5.71. The van der Waals surface area contributed by atoms with Crippen LogP contribution in [0.1, 0.15) is 5.89 Å². The number of aromatic nitrogens is 6. The largest absolute Gasteiger partial charge is 0.459 e. The van der Waals surface area contributed by atoms with Crippen LogP contribution in [-0.4, -0.2) is 30.4 Å². The molecule has 0 radical (unpaired) electrons. The Morgan fingerprint density at radius 1 is 1.00 bits per heavy atom. The molecule has 25 heavy (non-hydrogen) atoms. The van der Waals surface area contributed by atoms with Crippen LogP contribution in [0.4, 0.5) is 0 Å². The lowest BCUT2D eigenvalue weighted by molar-refractivity contribution is 0.494. The molecular formula is C16H10N6O2S. The average molecular weight is 350 g/mol. The third-order valence-corrected chi connectivity index (χ3v) is 4.45. The van der Waals surface area contributed by atoms with Crippen LogP contribution < -0.4 is 0 Å². The molecule has 0 atom stereocenters. The lowest BCUT2D eigenvalue weighted by Gasteiger charge is -1.96. The maximum Gasteiger partial charge on any atom is 0.283 e. The van der Waals surface area contributed by atoms with E-state index in [0.29, 0.717) is 34.1 Å². The molecule has 0 aliphatic carbocycles. The number of fused-ring (bicyclic) bond motifs is 3. The van der Waals surface area contributed by atoms with Gasteiger partial charge >= 0.3 is 0 Å². The van der Waals surface area contributed by atoms with Crippen molar-refractivity contribution in [1.82, 2.24) is 30.4 Å². The van der Waals surface area contributed by atoms with Gasteiger partial charge in [0.15, 0.2) is 11.4 Å². The van der Waals surface area contributed by atoms with Gasteiger partial charge < -0.3 is 13.8 Å². The highest BCUT2D eigenvalue weighted by atomic mass is 32.2. The number of hydrogen-bond donors (Lipinski definition) is 1. The summed E-state index contributed by atoms with van der Waals surface area (Å²) in [6, 6.07) is 11.4. The molecule has 9 heteroatoms. The number of aromatic amines is 1. The topological polar surface area (TPSA) is 107 Å². The zero-order valence-electron chi connectivity index (χ0n) is 12.7. The lowest BCUT2D eigenvalue weighted by Crippen LogP contribution is -1.92. The van der Waals surface area contributed by atoms with Gasteiger partial charge in [-0.2, -0.15) is 0 Å². The molecule has 0 aliphatic heterocycles. The van der Waals surface area contributed by atoms with Crippen LogP contribution in [-0.2, 0) is 5.75 Å². The van der Waals surface area contributed by atoms with E-state index in [1.807, 2.05) is 24.3 Å². The molecule has 5 aromatic rings. The van der Waals surface area contributed by atoms with Crippen LogP contribution in [0.25, 0.3) is 33.7 Å². The third kappa shape index (κ3) is 2.54. The van der Waals surface area contributed by atoms with Crippen LogP contribution in [0.5, 0.6) is 0 Å². The monoisotopic (exact) mass is 350 g/mol. The Morgan fingerprint density at radius 3 is 2.88 bits per heavy atom. The van der Waals surface area contributed by atoms with Crippen molar-refractivity contribution in [2.45, 2.75) is 10.9 Å². The number of thioether (sulfide) groups is 1. The molecule has 0 saturated carbocycles. The molecule has 0 unspecified atom stereocenters. The predicted octanol–water partition coefficient (Wildman–Crippen LogP) is 3.44. The molecule has 0 spiro atoms. The van der Waals surface area contributed by atoms with Gasteiger partial charge in [0, 0.05) is 10.9 Å². The summed E-state index contributed by atoms with van der Waals surface area (Å²) >= 11 is 1.38. The summed E-state index contributed by atoms with van der Waals surface area (Å²) in [5.74, 6) is 1.81. The fourth-order valence-corrected chi connectivity index (χ4v) is 3.13. The molecule has 0 aliphatic rings. The van der Waals surface area contributed by atoms with E-state index in [9.17, 15) is 0 Å². The maximum atomic E-state index is 5.56. The summed E-state index contributed by atoms with van der Waals surface area (Å²) in [6.07, 6.45) is 1.56. The highest BCUT2D eigenvalue weighted by Gasteiger charge is 2.13. The van der Waals surface area contributed by atoms with Crippen molar-refractivity contribution < 1.29 is 8.83 Å². The van der Waals surface area contributed by atoms with Gasteiger partial charge in [-0.25, -0.2) is 4.98 Å². The smallest absolute Gasteiger partial charge is 0.283 e. The van der Waals surface area contributed by atoms with E-state index < -0.39 is 0 Å². The summed E-state index contributed by atoms with van der Waals surface area (Å²) < 4.78 is 10.8. The minimum absolute atomic E-state index is 0.353. The van der Waals surface area contributed by atoms with Gasteiger partial charge in [0.25, 0.3) is 5.89 Å². The van der Waals surface area contributed by atoms with Crippen LogP contribution in [0, 0.1) is 0 Å². The van der Waals surface area contributed by atoms with Gasteiger partial charge in [0.05, 0.1) is 12.0 Å². The van der Waals surface area contributed by atoms with Gasteiger partial charge in [0.2, 0.25) is 11.0 Å². The Balaban J connectivity index is 1.38. The Labute approximate surface area is 144 Å². The number of nitrogens with one attached hydrogen (secondary N) is 1. The molecule has 1 N–H and O–H groups in total. The number of benzene rings is 1. The molecule has 4 aromatic heterocycles. The standard InChI is InChI=1S/C16H10N6O2S/c1-2-5-10-9(4-1)13-14(17-10)18-16(22-20-13)25-8-12-19-21-15(24-12)11-6-3-7-23-11/h1-7H,8H2,(H,17,18,22). The number of nitrogens with zero attached hydrogens (tertiary/aromatic N) is 5. The molecule has 0 amide bonds. The van der Waals surface area contributed by atoms with Gasteiger partial charge in [-0.05, 0) is 18.2 Å². The Morgan fingerprint density at radius 2 is 1.96 bits per heavy atom. The van der Waals surface area contributed by atoms with Gasteiger partial charge in [0.1, 0.15) is 5.52 Å². The van der Waals surface area contributed by atoms with E-state index >= 15 is 0 Å². The Bertz CT molecular complexity index is 1160. The van der Waals surface area contributed by atoms with Crippen LogP contribution >= 0.6 is 11.8 Å². The Hall–Kier alpha value is -3.20. The number of furan rings is 1. The Kier molecular flexibility index (Phi) is 3.23. The minimum Gasteiger partial charge on any atom is -0.459 e. The fourth-order valence-electron chi connectivity index (χ4n) is 2.51. The van der Waals surface area contributed by atoms with Gasteiger partial charge in [-0.1, -0.05) is 30.0 Å². The zero-order valence-corrected chi connectivity index (χ0v) is 13.5. The molecule has 0 fully saturated rings. The average Bonchev–Trinajstić information content (AvgIpc) is 3.37. The predicted molar refractivity (Wildman–Crippen MR) is 90.8 cm³/mol. The van der Waals surface area contributed by atoms with Crippen LogP contribution in [0.15, 0.2) is 56.7 Å². The van der Waals surface area contributed by atoms with Gasteiger partial charge in [-0.15, -0.1) is 20.4 Å². The number of hydrogen-bond acceptors (Lipinski definition) is 8. The van der Waals surface area contributed by atoms with Crippen molar-refractivity contribution in [2.75, 3.05) is 0 Å². The lowest BCUT2D eigenvalue weighted by atomic mass is 10.2.